The molecule has 0 radical (unpaired) electrons. The minimum atomic E-state index is -0.558. The molecule has 2 N–H and O–H groups in total. The molecule has 4 aromatic rings. The van der Waals surface area contributed by atoms with Gasteiger partial charge < -0.3 is 9.88 Å². The highest BCUT2D eigenvalue weighted by Crippen LogP contribution is 2.37. The van der Waals surface area contributed by atoms with Crippen molar-refractivity contribution in [1.82, 2.24) is 30.0 Å². The number of aromatic nitrogens is 5. The fraction of sp³-hybridized carbons (Fsp3) is 0.375. The molecule has 1 aliphatic rings. The molecule has 0 spiro atoms. The van der Waals surface area contributed by atoms with E-state index in [4.69, 9.17) is 0 Å². The van der Waals surface area contributed by atoms with Crippen LogP contribution in [-0.4, -0.2) is 35.8 Å². The van der Waals surface area contributed by atoms with Gasteiger partial charge in [0, 0.05) is 46.2 Å². The van der Waals surface area contributed by atoms with Crippen LogP contribution >= 0.6 is 0 Å². The summed E-state index contributed by atoms with van der Waals surface area (Å²) >= 11 is 0. The lowest BCUT2D eigenvalue weighted by Gasteiger charge is -2.47. The number of piperidine rings is 1. The largest absolute Gasteiger partial charge is 0.328 e. The Hall–Kier alpha value is -3.13. The van der Waals surface area contributed by atoms with Crippen molar-refractivity contribution in [2.75, 3.05) is 0 Å². The fourth-order valence-corrected chi connectivity index (χ4v) is 5.18. The van der Waals surface area contributed by atoms with Crippen LogP contribution < -0.4 is 5.32 Å². The SMILES string of the molecule is CC1(C)CC(n2ccc3nc(-c4cc(F)c(-c5cn[nH]c5)cc4F)cnc32)CC(C)(C)N1. The van der Waals surface area contributed by atoms with E-state index in [1.54, 1.807) is 0 Å². The van der Waals surface area contributed by atoms with Crippen molar-refractivity contribution in [2.24, 2.45) is 0 Å². The van der Waals surface area contributed by atoms with Gasteiger partial charge in [-0.1, -0.05) is 0 Å². The van der Waals surface area contributed by atoms with Gasteiger partial charge in [0.1, 0.15) is 17.2 Å². The second kappa shape index (κ2) is 7.20. The predicted molar refractivity (Wildman–Crippen MR) is 120 cm³/mol. The van der Waals surface area contributed by atoms with Crippen LogP contribution in [0.15, 0.2) is 43.0 Å². The lowest BCUT2D eigenvalue weighted by molar-refractivity contribution is 0.134. The minimum Gasteiger partial charge on any atom is -0.328 e. The number of hydrogen-bond acceptors (Lipinski definition) is 4. The normalized spacial score (nSPS) is 18.3. The van der Waals surface area contributed by atoms with Gasteiger partial charge in [0.25, 0.3) is 0 Å². The molecule has 1 aliphatic heterocycles. The molecule has 4 heterocycles. The summed E-state index contributed by atoms with van der Waals surface area (Å²) in [7, 11) is 0. The van der Waals surface area contributed by atoms with E-state index in [1.165, 1.54) is 30.7 Å². The summed E-state index contributed by atoms with van der Waals surface area (Å²) in [5.74, 6) is -1.10. The van der Waals surface area contributed by atoms with Gasteiger partial charge in [0.05, 0.1) is 18.1 Å². The number of nitrogens with zero attached hydrogens (tertiary/aromatic N) is 4. The Morgan fingerprint density at radius 2 is 1.69 bits per heavy atom. The van der Waals surface area contributed by atoms with Crippen molar-refractivity contribution >= 4 is 11.2 Å². The molecular formula is C24H26F2N6. The summed E-state index contributed by atoms with van der Waals surface area (Å²) in [6.45, 7) is 8.84. The minimum absolute atomic E-state index is 0.00618. The summed E-state index contributed by atoms with van der Waals surface area (Å²) in [4.78, 5) is 9.21. The van der Waals surface area contributed by atoms with Crippen LogP contribution in [0.5, 0.6) is 0 Å². The molecule has 8 heteroatoms. The lowest BCUT2D eigenvalue weighted by Crippen LogP contribution is -2.57. The van der Waals surface area contributed by atoms with Crippen molar-refractivity contribution in [3.05, 3.63) is 54.6 Å². The fourth-order valence-electron chi connectivity index (χ4n) is 5.18. The van der Waals surface area contributed by atoms with Gasteiger partial charge in [-0.25, -0.2) is 18.7 Å². The van der Waals surface area contributed by atoms with Crippen molar-refractivity contribution in [1.29, 1.82) is 0 Å². The molecule has 1 aromatic carbocycles. The molecule has 32 heavy (non-hydrogen) atoms. The van der Waals surface area contributed by atoms with Gasteiger partial charge in [0.15, 0.2) is 5.65 Å². The van der Waals surface area contributed by atoms with E-state index in [0.29, 0.717) is 16.8 Å². The molecule has 1 fully saturated rings. The third kappa shape index (κ3) is 3.68. The molecular weight excluding hydrogens is 410 g/mol. The van der Waals surface area contributed by atoms with Crippen LogP contribution in [0.2, 0.25) is 0 Å². The van der Waals surface area contributed by atoms with Crippen molar-refractivity contribution in [2.45, 2.75) is 57.7 Å². The summed E-state index contributed by atoms with van der Waals surface area (Å²) < 4.78 is 31.8. The highest BCUT2D eigenvalue weighted by atomic mass is 19.1. The van der Waals surface area contributed by atoms with Gasteiger partial charge in [0.2, 0.25) is 0 Å². The number of hydrogen-bond donors (Lipinski definition) is 2. The first-order chi connectivity index (χ1) is 15.1. The third-order valence-corrected chi connectivity index (χ3v) is 6.12. The molecule has 0 saturated carbocycles. The number of rotatable bonds is 3. The first-order valence-corrected chi connectivity index (χ1v) is 10.7. The molecule has 5 rings (SSSR count). The van der Waals surface area contributed by atoms with E-state index in [9.17, 15) is 8.78 Å². The van der Waals surface area contributed by atoms with Gasteiger partial charge in [-0.15, -0.1) is 0 Å². The van der Waals surface area contributed by atoms with Crippen LogP contribution in [0, 0.1) is 11.6 Å². The number of fused-ring (bicyclic) bond motifs is 1. The predicted octanol–water partition coefficient (Wildman–Crippen LogP) is 5.25. The second-order valence-corrected chi connectivity index (χ2v) is 9.94. The topological polar surface area (TPSA) is 71.4 Å². The van der Waals surface area contributed by atoms with E-state index in [0.717, 1.165) is 18.5 Å². The molecule has 3 aromatic heterocycles. The average molecular weight is 437 g/mol. The maximum absolute atomic E-state index is 14.9. The molecule has 0 bridgehead atoms. The Morgan fingerprint density at radius 1 is 1.00 bits per heavy atom. The highest BCUT2D eigenvalue weighted by molar-refractivity contribution is 5.76. The Morgan fingerprint density at radius 3 is 2.38 bits per heavy atom. The Kier molecular flexibility index (Phi) is 4.67. The summed E-state index contributed by atoms with van der Waals surface area (Å²) in [5.41, 5.74) is 2.42. The molecule has 0 amide bonds. The van der Waals surface area contributed by atoms with E-state index in [2.05, 4.69) is 57.7 Å². The molecule has 0 atom stereocenters. The van der Waals surface area contributed by atoms with Gasteiger partial charge in [-0.2, -0.15) is 5.10 Å². The van der Waals surface area contributed by atoms with Crippen LogP contribution in [0.4, 0.5) is 8.78 Å². The summed E-state index contributed by atoms with van der Waals surface area (Å²) in [5, 5.41) is 10.1. The van der Waals surface area contributed by atoms with Crippen molar-refractivity contribution in [3.8, 4) is 22.4 Å². The molecule has 0 unspecified atom stereocenters. The summed E-state index contributed by atoms with van der Waals surface area (Å²) in [6.07, 6.45) is 8.41. The number of nitrogens with one attached hydrogen (secondary N) is 2. The van der Waals surface area contributed by atoms with E-state index in [1.807, 2.05) is 12.3 Å². The zero-order valence-electron chi connectivity index (χ0n) is 18.6. The number of H-pyrrole nitrogens is 1. The summed E-state index contributed by atoms with van der Waals surface area (Å²) in [6, 6.07) is 4.50. The standard InChI is InChI=1S/C24H26F2N6/c1-23(2)9-15(10-24(3,4)31-23)32-6-5-20-22(32)27-13-21(30-20)17-8-18(25)16(7-19(17)26)14-11-28-29-12-14/h5-8,11-13,15,31H,9-10H2,1-4H3,(H,28,29). The van der Waals surface area contributed by atoms with E-state index >= 15 is 0 Å². The zero-order valence-corrected chi connectivity index (χ0v) is 18.6. The third-order valence-electron chi connectivity index (χ3n) is 6.12. The molecule has 0 aliphatic carbocycles. The Bertz CT molecular complexity index is 1270. The maximum atomic E-state index is 14.9. The molecule has 1 saturated heterocycles. The van der Waals surface area contributed by atoms with E-state index < -0.39 is 11.6 Å². The van der Waals surface area contributed by atoms with Crippen LogP contribution in [0.25, 0.3) is 33.5 Å². The van der Waals surface area contributed by atoms with E-state index in [-0.39, 0.29) is 28.2 Å². The van der Waals surface area contributed by atoms with Gasteiger partial charge >= 0.3 is 0 Å². The zero-order chi connectivity index (χ0) is 22.7. The first-order valence-electron chi connectivity index (χ1n) is 10.7. The van der Waals surface area contributed by atoms with Crippen LogP contribution in [0.1, 0.15) is 46.6 Å². The average Bonchev–Trinajstić information content (AvgIpc) is 3.36. The van der Waals surface area contributed by atoms with Crippen LogP contribution in [-0.2, 0) is 0 Å². The molecule has 166 valence electrons. The second-order valence-electron chi connectivity index (χ2n) is 9.94. The van der Waals surface area contributed by atoms with Crippen molar-refractivity contribution in [3.63, 3.8) is 0 Å². The smallest absolute Gasteiger partial charge is 0.158 e. The Balaban J connectivity index is 1.52. The Labute approximate surface area is 185 Å². The first kappa shape index (κ1) is 20.8. The highest BCUT2D eigenvalue weighted by Gasteiger charge is 2.38. The monoisotopic (exact) mass is 436 g/mol. The number of aromatic amines is 1. The molecule has 6 nitrogen and oxygen atoms in total. The van der Waals surface area contributed by atoms with Gasteiger partial charge in [-0.3, -0.25) is 5.10 Å². The van der Waals surface area contributed by atoms with Crippen LogP contribution in [0.3, 0.4) is 0 Å². The van der Waals surface area contributed by atoms with Crippen molar-refractivity contribution < 1.29 is 8.78 Å². The lowest BCUT2D eigenvalue weighted by atomic mass is 9.79. The number of benzene rings is 1. The maximum Gasteiger partial charge on any atom is 0.158 e. The van der Waals surface area contributed by atoms with Gasteiger partial charge in [-0.05, 0) is 58.7 Å². The quantitative estimate of drug-likeness (QED) is 0.460. The number of halogens is 2.